The molecule has 37 heavy (non-hydrogen) atoms. The molecule has 2 aromatic heterocycles. The van der Waals surface area contributed by atoms with E-state index in [1.54, 1.807) is 41.0 Å². The first-order valence-electron chi connectivity index (χ1n) is 12.1. The number of rotatable bonds is 6. The van der Waals surface area contributed by atoms with Crippen molar-refractivity contribution in [3.8, 4) is 0 Å². The van der Waals surface area contributed by atoms with E-state index in [9.17, 15) is 13.2 Å². The Morgan fingerprint density at radius 2 is 1.46 bits per heavy atom. The lowest BCUT2D eigenvalue weighted by atomic mass is 10.1. The third kappa shape index (κ3) is 3.64. The molecule has 6 aromatic rings. The summed E-state index contributed by atoms with van der Waals surface area (Å²) in [5.74, 6) is 0. The van der Waals surface area contributed by atoms with E-state index >= 15 is 0 Å². The minimum absolute atomic E-state index is 0.107. The summed E-state index contributed by atoms with van der Waals surface area (Å²) in [6.07, 6.45) is 2.53. The van der Waals surface area contributed by atoms with Crippen molar-refractivity contribution in [2.45, 2.75) is 17.9 Å². The van der Waals surface area contributed by atoms with Crippen LogP contribution in [0, 0.1) is 0 Å². The predicted molar refractivity (Wildman–Crippen MR) is 149 cm³/mol. The Bertz CT molecular complexity index is 1960. The summed E-state index contributed by atoms with van der Waals surface area (Å²) >= 11 is 0. The van der Waals surface area contributed by atoms with E-state index in [1.807, 2.05) is 73.7 Å². The molecule has 0 bridgehead atoms. The maximum absolute atomic E-state index is 14.1. The average Bonchev–Trinajstić information content (AvgIpc) is 3.44. The number of fused-ring (bicyclic) bond motifs is 3. The zero-order valence-corrected chi connectivity index (χ0v) is 21.4. The SMILES string of the molecule is CN(C)c1cccc2c(S(=O)(=O)n3c(=O)n(CCc4c[nH]c5ccccc45)c4ccccc43)cccc12. The number of anilines is 1. The first-order chi connectivity index (χ1) is 17.9. The van der Waals surface area contributed by atoms with Crippen molar-refractivity contribution in [2.75, 3.05) is 19.0 Å². The number of benzene rings is 4. The van der Waals surface area contributed by atoms with Gasteiger partial charge in [0.15, 0.2) is 0 Å². The Hall–Kier alpha value is -4.30. The lowest BCUT2D eigenvalue weighted by molar-refractivity contribution is 0.584. The van der Waals surface area contributed by atoms with Gasteiger partial charge in [-0.1, -0.05) is 54.6 Å². The number of H-pyrrole nitrogens is 1. The Labute approximate surface area is 214 Å². The molecule has 0 atom stereocenters. The van der Waals surface area contributed by atoms with E-state index in [0.29, 0.717) is 29.4 Å². The van der Waals surface area contributed by atoms with Gasteiger partial charge in [-0.25, -0.2) is 13.2 Å². The van der Waals surface area contributed by atoms with Crippen LogP contribution in [0.5, 0.6) is 0 Å². The second kappa shape index (κ2) is 8.67. The van der Waals surface area contributed by atoms with Crippen molar-refractivity contribution < 1.29 is 8.42 Å². The number of nitrogens with one attached hydrogen (secondary N) is 1. The van der Waals surface area contributed by atoms with Crippen LogP contribution in [0.3, 0.4) is 0 Å². The fourth-order valence-corrected chi connectivity index (χ4v) is 6.80. The molecule has 0 fully saturated rings. The van der Waals surface area contributed by atoms with Crippen molar-refractivity contribution in [3.05, 3.63) is 107 Å². The molecule has 0 unspecified atom stereocenters. The highest BCUT2D eigenvalue weighted by Crippen LogP contribution is 2.32. The van der Waals surface area contributed by atoms with Gasteiger partial charge in [-0.2, -0.15) is 3.97 Å². The molecule has 8 heteroatoms. The summed E-state index contributed by atoms with van der Waals surface area (Å²) in [7, 11) is -0.356. The molecule has 6 rings (SSSR count). The van der Waals surface area contributed by atoms with Gasteiger partial charge in [-0.05, 0) is 42.3 Å². The molecule has 0 amide bonds. The second-order valence-electron chi connectivity index (χ2n) is 9.32. The van der Waals surface area contributed by atoms with Crippen LogP contribution in [0.2, 0.25) is 0 Å². The summed E-state index contributed by atoms with van der Waals surface area (Å²) < 4.78 is 30.7. The molecule has 0 saturated heterocycles. The van der Waals surface area contributed by atoms with Crippen LogP contribution >= 0.6 is 0 Å². The van der Waals surface area contributed by atoms with Gasteiger partial charge in [0.2, 0.25) is 0 Å². The fourth-order valence-electron chi connectivity index (χ4n) is 5.18. The highest BCUT2D eigenvalue weighted by molar-refractivity contribution is 7.90. The van der Waals surface area contributed by atoms with Crippen LogP contribution in [-0.2, 0) is 23.0 Å². The van der Waals surface area contributed by atoms with Crippen LogP contribution in [0.15, 0.2) is 101 Å². The highest BCUT2D eigenvalue weighted by Gasteiger charge is 2.27. The van der Waals surface area contributed by atoms with Gasteiger partial charge in [0.1, 0.15) is 0 Å². The minimum atomic E-state index is -4.19. The summed E-state index contributed by atoms with van der Waals surface area (Å²) in [5, 5.41) is 2.49. The van der Waals surface area contributed by atoms with Gasteiger partial charge < -0.3 is 9.88 Å². The van der Waals surface area contributed by atoms with Crippen LogP contribution in [0.25, 0.3) is 32.7 Å². The Kier molecular flexibility index (Phi) is 5.42. The van der Waals surface area contributed by atoms with E-state index in [-0.39, 0.29) is 4.90 Å². The molecule has 0 aliphatic carbocycles. The Balaban J connectivity index is 1.50. The maximum Gasteiger partial charge on any atom is 0.343 e. The van der Waals surface area contributed by atoms with Gasteiger partial charge in [0.25, 0.3) is 10.0 Å². The number of aryl methyl sites for hydroxylation is 2. The summed E-state index contributed by atoms with van der Waals surface area (Å²) in [6, 6.07) is 25.8. The number of imidazole rings is 1. The molecule has 0 aliphatic heterocycles. The molecule has 0 saturated carbocycles. The third-order valence-electron chi connectivity index (χ3n) is 6.93. The van der Waals surface area contributed by atoms with Gasteiger partial charge in [-0.3, -0.25) is 4.57 Å². The van der Waals surface area contributed by atoms with E-state index in [0.717, 1.165) is 31.5 Å². The van der Waals surface area contributed by atoms with Gasteiger partial charge in [-0.15, -0.1) is 0 Å². The molecule has 7 nitrogen and oxygen atoms in total. The third-order valence-corrected chi connectivity index (χ3v) is 8.68. The molecular weight excluding hydrogens is 484 g/mol. The van der Waals surface area contributed by atoms with Crippen molar-refractivity contribution in [2.24, 2.45) is 0 Å². The quantitative estimate of drug-likeness (QED) is 0.343. The fraction of sp³-hybridized carbons (Fsp3) is 0.138. The normalized spacial score (nSPS) is 12.1. The average molecular weight is 511 g/mol. The molecule has 0 aliphatic rings. The van der Waals surface area contributed by atoms with E-state index in [2.05, 4.69) is 4.98 Å². The Morgan fingerprint density at radius 3 is 2.27 bits per heavy atom. The Morgan fingerprint density at radius 1 is 0.784 bits per heavy atom. The zero-order chi connectivity index (χ0) is 25.7. The molecule has 2 heterocycles. The zero-order valence-electron chi connectivity index (χ0n) is 20.5. The number of aromatic amines is 1. The van der Waals surface area contributed by atoms with Crippen LogP contribution in [0.1, 0.15) is 5.56 Å². The standard InChI is InChI=1S/C29H26N4O3S/c1-31(2)25-15-7-11-23-22(25)10-8-16-28(23)37(35,36)33-27-14-6-5-13-26(27)32(29(33)34)18-17-20-19-30-24-12-4-3-9-21(20)24/h3-16,19,30H,17-18H2,1-2H3. The van der Waals surface area contributed by atoms with Gasteiger partial charge >= 0.3 is 5.69 Å². The summed E-state index contributed by atoms with van der Waals surface area (Å²) in [4.78, 5) is 19.1. The lowest BCUT2D eigenvalue weighted by Crippen LogP contribution is -2.30. The maximum atomic E-state index is 14.1. The predicted octanol–water partition coefficient (Wildman–Crippen LogP) is 4.98. The van der Waals surface area contributed by atoms with Crippen LogP contribution < -0.4 is 10.6 Å². The summed E-state index contributed by atoms with van der Waals surface area (Å²) in [5.41, 5.74) is 3.40. The molecule has 0 spiro atoms. The van der Waals surface area contributed by atoms with Crippen molar-refractivity contribution >= 4 is 48.4 Å². The van der Waals surface area contributed by atoms with Gasteiger partial charge in [0.05, 0.1) is 15.9 Å². The number of hydrogen-bond donors (Lipinski definition) is 1. The van der Waals surface area contributed by atoms with Crippen molar-refractivity contribution in [1.82, 2.24) is 13.5 Å². The van der Waals surface area contributed by atoms with E-state index in [1.165, 1.54) is 0 Å². The molecular formula is C29H26N4O3S. The topological polar surface area (TPSA) is 80.1 Å². The molecule has 4 aromatic carbocycles. The smallest absolute Gasteiger partial charge is 0.343 e. The number of para-hydroxylation sites is 3. The minimum Gasteiger partial charge on any atom is -0.377 e. The number of nitrogens with zero attached hydrogens (tertiary/aromatic N) is 3. The monoisotopic (exact) mass is 510 g/mol. The first-order valence-corrected chi connectivity index (χ1v) is 13.5. The number of hydrogen-bond acceptors (Lipinski definition) is 4. The molecule has 0 radical (unpaired) electrons. The van der Waals surface area contributed by atoms with Gasteiger partial charge in [0, 0.05) is 54.2 Å². The molecule has 186 valence electrons. The van der Waals surface area contributed by atoms with Crippen LogP contribution in [0.4, 0.5) is 5.69 Å². The van der Waals surface area contributed by atoms with E-state index in [4.69, 9.17) is 0 Å². The summed E-state index contributed by atoms with van der Waals surface area (Å²) in [6.45, 7) is 0.351. The van der Waals surface area contributed by atoms with Crippen molar-refractivity contribution in [1.29, 1.82) is 0 Å². The largest absolute Gasteiger partial charge is 0.377 e. The van der Waals surface area contributed by atoms with Crippen LogP contribution in [-0.4, -0.2) is 36.0 Å². The van der Waals surface area contributed by atoms with E-state index < -0.39 is 15.7 Å². The molecule has 1 N–H and O–H groups in total. The highest BCUT2D eigenvalue weighted by atomic mass is 32.2. The lowest BCUT2D eigenvalue weighted by Gasteiger charge is -2.17. The van der Waals surface area contributed by atoms with Crippen molar-refractivity contribution in [3.63, 3.8) is 0 Å². The number of aromatic nitrogens is 3. The second-order valence-corrected chi connectivity index (χ2v) is 11.1. The first kappa shape index (κ1) is 23.1.